The van der Waals surface area contributed by atoms with Gasteiger partial charge in [-0.2, -0.15) is 9.36 Å². The molecule has 2 aromatic carbocycles. The fourth-order valence-electron chi connectivity index (χ4n) is 2.23. The summed E-state index contributed by atoms with van der Waals surface area (Å²) >= 11 is 0. The number of benzene rings is 2. The van der Waals surface area contributed by atoms with Crippen molar-refractivity contribution < 1.29 is 0 Å². The van der Waals surface area contributed by atoms with E-state index >= 15 is 0 Å². The van der Waals surface area contributed by atoms with Gasteiger partial charge >= 0.3 is 0 Å². The Labute approximate surface area is 157 Å². The molecule has 0 aliphatic heterocycles. The van der Waals surface area contributed by atoms with E-state index in [1.54, 1.807) is 9.36 Å². The molecule has 0 radical (unpaired) electrons. The molecule has 10 heteroatoms. The Kier molecular flexibility index (Phi) is 4.67. The maximum Gasteiger partial charge on any atom is 0.225 e. The average Bonchev–Trinajstić information content (AvgIpc) is 3.30. The first-order chi connectivity index (χ1) is 12.7. The van der Waals surface area contributed by atoms with Crippen LogP contribution in [-0.4, -0.2) is 40.4 Å². The second-order valence-corrected chi connectivity index (χ2v) is 7.65. The van der Waals surface area contributed by atoms with Gasteiger partial charge in [-0.3, -0.25) is 0 Å². The third-order valence-corrected chi connectivity index (χ3v) is 5.66. The predicted molar refractivity (Wildman–Crippen MR) is 99.5 cm³/mol. The minimum Gasteiger partial charge on any atom is -0.187 e. The van der Waals surface area contributed by atoms with Crippen LogP contribution in [-0.2, 0) is 0 Å². The number of nitrogens with zero attached hydrogens (tertiary/aromatic N) is 8. The molecule has 0 amide bonds. The molecule has 0 spiro atoms. The standard InChI is InChI=1S/C16H14N8S2/c1-11-3-7-13(8-4-11)23-15(17-19-21-23)25-26-16-18-20-22-24(16)14-9-5-12(2)6-10-14/h3-10H,1-2H3. The van der Waals surface area contributed by atoms with Gasteiger partial charge in [-0.25, -0.2) is 0 Å². The summed E-state index contributed by atoms with van der Waals surface area (Å²) in [5.41, 5.74) is 4.18. The second kappa shape index (κ2) is 7.26. The van der Waals surface area contributed by atoms with Crippen LogP contribution in [0, 0.1) is 13.8 Å². The third kappa shape index (κ3) is 3.46. The van der Waals surface area contributed by atoms with Crippen molar-refractivity contribution in [3.63, 3.8) is 0 Å². The molecule has 0 saturated carbocycles. The maximum atomic E-state index is 4.09. The Hall–Kier alpha value is -2.72. The quantitative estimate of drug-likeness (QED) is 0.487. The summed E-state index contributed by atoms with van der Waals surface area (Å²) in [7, 11) is 2.81. The number of rotatable bonds is 5. The van der Waals surface area contributed by atoms with Crippen LogP contribution in [0.3, 0.4) is 0 Å². The molecule has 4 aromatic rings. The molecule has 2 heterocycles. The van der Waals surface area contributed by atoms with Crippen LogP contribution in [0.2, 0.25) is 0 Å². The maximum absolute atomic E-state index is 4.09. The molecule has 26 heavy (non-hydrogen) atoms. The number of hydrogen-bond donors (Lipinski definition) is 0. The molecule has 0 bridgehead atoms. The second-order valence-electron chi connectivity index (χ2n) is 5.58. The summed E-state index contributed by atoms with van der Waals surface area (Å²) in [6, 6.07) is 16.0. The van der Waals surface area contributed by atoms with Gasteiger partial charge in [-0.05, 0) is 80.6 Å². The minimum absolute atomic E-state index is 0.650. The molecule has 0 atom stereocenters. The lowest BCUT2D eigenvalue weighted by Crippen LogP contribution is -1.99. The Morgan fingerprint density at radius 3 is 1.38 bits per heavy atom. The van der Waals surface area contributed by atoms with Gasteiger partial charge in [0.2, 0.25) is 10.3 Å². The van der Waals surface area contributed by atoms with Crippen molar-refractivity contribution in [1.29, 1.82) is 0 Å². The van der Waals surface area contributed by atoms with Gasteiger partial charge in [-0.15, -0.1) is 10.2 Å². The van der Waals surface area contributed by atoms with Crippen molar-refractivity contribution in [3.8, 4) is 11.4 Å². The topological polar surface area (TPSA) is 87.2 Å². The molecule has 4 rings (SSSR count). The monoisotopic (exact) mass is 382 g/mol. The van der Waals surface area contributed by atoms with Crippen LogP contribution in [0.4, 0.5) is 0 Å². The largest absolute Gasteiger partial charge is 0.225 e. The SMILES string of the molecule is Cc1ccc(-n2nnnc2SSc2nnnn2-c2ccc(C)cc2)cc1. The van der Waals surface area contributed by atoms with Crippen molar-refractivity contribution in [1.82, 2.24) is 40.4 Å². The first-order valence-corrected chi connectivity index (χ1v) is 9.91. The van der Waals surface area contributed by atoms with Crippen LogP contribution in [0.1, 0.15) is 11.1 Å². The highest BCUT2D eigenvalue weighted by Gasteiger charge is 2.14. The fourth-order valence-corrected chi connectivity index (χ4v) is 4.02. The van der Waals surface area contributed by atoms with E-state index < -0.39 is 0 Å². The molecule has 0 aliphatic carbocycles. The number of tetrazole rings is 2. The summed E-state index contributed by atoms with van der Waals surface area (Å²) in [6.45, 7) is 4.08. The fraction of sp³-hybridized carbons (Fsp3) is 0.125. The summed E-state index contributed by atoms with van der Waals surface area (Å²) in [5.74, 6) is 0. The molecule has 0 unspecified atom stereocenters. The average molecular weight is 382 g/mol. The Balaban J connectivity index is 1.54. The van der Waals surface area contributed by atoms with Crippen LogP contribution in [0.5, 0.6) is 0 Å². The summed E-state index contributed by atoms with van der Waals surface area (Å²) in [4.78, 5) is 0. The lowest BCUT2D eigenvalue weighted by atomic mass is 10.2. The van der Waals surface area contributed by atoms with E-state index in [2.05, 4.69) is 31.1 Å². The van der Waals surface area contributed by atoms with Crippen LogP contribution < -0.4 is 0 Å². The Morgan fingerprint density at radius 1 is 0.615 bits per heavy atom. The molecule has 2 aromatic heterocycles. The highest BCUT2D eigenvalue weighted by Crippen LogP contribution is 2.35. The lowest BCUT2D eigenvalue weighted by molar-refractivity contribution is 0.755. The first-order valence-electron chi connectivity index (χ1n) is 7.76. The zero-order chi connectivity index (χ0) is 17.9. The van der Waals surface area contributed by atoms with Crippen LogP contribution in [0.15, 0.2) is 58.8 Å². The summed E-state index contributed by atoms with van der Waals surface area (Å²) in [5, 5.41) is 25.2. The first kappa shape index (κ1) is 16.7. The van der Waals surface area contributed by atoms with Crippen molar-refractivity contribution >= 4 is 21.6 Å². The van der Waals surface area contributed by atoms with Crippen molar-refractivity contribution in [2.45, 2.75) is 24.2 Å². The van der Waals surface area contributed by atoms with Gasteiger partial charge in [-0.1, -0.05) is 35.4 Å². The molecule has 0 aliphatic rings. The van der Waals surface area contributed by atoms with Gasteiger partial charge in [0.1, 0.15) is 0 Å². The van der Waals surface area contributed by atoms with Gasteiger partial charge in [0.05, 0.1) is 11.4 Å². The highest BCUT2D eigenvalue weighted by molar-refractivity contribution is 8.76. The van der Waals surface area contributed by atoms with Crippen LogP contribution in [0.25, 0.3) is 11.4 Å². The van der Waals surface area contributed by atoms with Gasteiger partial charge in [0, 0.05) is 0 Å². The number of aromatic nitrogens is 8. The Morgan fingerprint density at radius 2 is 1.00 bits per heavy atom. The molecule has 130 valence electrons. The molecule has 8 nitrogen and oxygen atoms in total. The van der Waals surface area contributed by atoms with Gasteiger partial charge in [0.25, 0.3) is 0 Å². The molecule has 0 N–H and O–H groups in total. The summed E-state index contributed by atoms with van der Waals surface area (Å²) in [6.07, 6.45) is 0. The lowest BCUT2D eigenvalue weighted by Gasteiger charge is -2.05. The van der Waals surface area contributed by atoms with E-state index in [1.807, 2.05) is 62.4 Å². The van der Waals surface area contributed by atoms with E-state index in [0.717, 1.165) is 11.4 Å². The van der Waals surface area contributed by atoms with Crippen molar-refractivity contribution in [2.75, 3.05) is 0 Å². The summed E-state index contributed by atoms with van der Waals surface area (Å²) < 4.78 is 3.38. The highest BCUT2D eigenvalue weighted by atomic mass is 33.1. The van der Waals surface area contributed by atoms with E-state index in [0.29, 0.717) is 10.3 Å². The van der Waals surface area contributed by atoms with Crippen LogP contribution >= 0.6 is 21.6 Å². The zero-order valence-corrected chi connectivity index (χ0v) is 15.6. The van der Waals surface area contributed by atoms with E-state index in [1.165, 1.54) is 32.7 Å². The minimum atomic E-state index is 0.650. The molecular weight excluding hydrogens is 368 g/mol. The van der Waals surface area contributed by atoms with E-state index in [4.69, 9.17) is 0 Å². The number of aryl methyl sites for hydroxylation is 2. The van der Waals surface area contributed by atoms with E-state index in [-0.39, 0.29) is 0 Å². The molecule has 0 fully saturated rings. The van der Waals surface area contributed by atoms with Crippen molar-refractivity contribution in [2.24, 2.45) is 0 Å². The normalized spacial score (nSPS) is 11.0. The van der Waals surface area contributed by atoms with Gasteiger partial charge < -0.3 is 0 Å². The molecular formula is C16H14N8S2. The van der Waals surface area contributed by atoms with E-state index in [9.17, 15) is 0 Å². The smallest absolute Gasteiger partial charge is 0.187 e. The predicted octanol–water partition coefficient (Wildman–Crippen LogP) is 3.05. The Bertz CT molecular complexity index is 924. The molecule has 0 saturated heterocycles. The van der Waals surface area contributed by atoms with Gasteiger partial charge in [0.15, 0.2) is 0 Å². The zero-order valence-electron chi connectivity index (χ0n) is 14.0. The third-order valence-electron chi connectivity index (χ3n) is 3.63. The van der Waals surface area contributed by atoms with Crippen molar-refractivity contribution in [3.05, 3.63) is 59.7 Å². The number of hydrogen-bond acceptors (Lipinski definition) is 8.